The van der Waals surface area contributed by atoms with Crippen LogP contribution in [0.3, 0.4) is 0 Å². The minimum absolute atomic E-state index is 0.108. The first-order valence-electron chi connectivity index (χ1n) is 5.69. The van der Waals surface area contributed by atoms with Crippen LogP contribution in [0, 0.1) is 0 Å². The van der Waals surface area contributed by atoms with Crippen LogP contribution in [-0.4, -0.2) is 46.0 Å². The molecule has 1 heterocycles. The Morgan fingerprint density at radius 2 is 1.65 bits per heavy atom. The summed E-state index contributed by atoms with van der Waals surface area (Å²) < 4.78 is 0. The molecule has 0 aromatic carbocycles. The molecule has 17 heavy (non-hydrogen) atoms. The number of nitrogens with one attached hydrogen (secondary N) is 1. The standard InChI is InChI=1S/C10H17Cl2N5/c1-3-17(4-2)7-5-6-13-10-15-8(11)14-9(12)16-10/h3-7H2,1-2H3,(H,13,14,15,16). The van der Waals surface area contributed by atoms with Crippen molar-refractivity contribution in [3.63, 3.8) is 0 Å². The van der Waals surface area contributed by atoms with Crippen molar-refractivity contribution in [3.05, 3.63) is 10.6 Å². The van der Waals surface area contributed by atoms with Crippen molar-refractivity contribution in [1.82, 2.24) is 19.9 Å². The Hall–Kier alpha value is -0.650. The van der Waals surface area contributed by atoms with Gasteiger partial charge in [-0.15, -0.1) is 0 Å². The van der Waals surface area contributed by atoms with Crippen molar-refractivity contribution in [3.8, 4) is 0 Å². The summed E-state index contributed by atoms with van der Waals surface area (Å²) in [6.07, 6.45) is 1.02. The van der Waals surface area contributed by atoms with Gasteiger partial charge in [-0.2, -0.15) is 15.0 Å². The van der Waals surface area contributed by atoms with Crippen LogP contribution in [0.15, 0.2) is 0 Å². The average Bonchev–Trinajstić information content (AvgIpc) is 2.28. The first-order valence-corrected chi connectivity index (χ1v) is 6.44. The second-order valence-corrected chi connectivity index (χ2v) is 4.18. The van der Waals surface area contributed by atoms with Crippen LogP contribution < -0.4 is 5.32 Å². The van der Waals surface area contributed by atoms with Crippen LogP contribution in [-0.2, 0) is 0 Å². The highest BCUT2D eigenvalue weighted by Gasteiger charge is 2.03. The fourth-order valence-corrected chi connectivity index (χ4v) is 1.81. The largest absolute Gasteiger partial charge is 0.354 e. The lowest BCUT2D eigenvalue weighted by Gasteiger charge is -2.17. The van der Waals surface area contributed by atoms with Gasteiger partial charge in [-0.3, -0.25) is 0 Å². The summed E-state index contributed by atoms with van der Waals surface area (Å²) in [5, 5.41) is 3.29. The molecule has 1 aromatic rings. The highest BCUT2D eigenvalue weighted by molar-refractivity contribution is 6.31. The third kappa shape index (κ3) is 5.48. The Bertz CT molecular complexity index is 323. The molecule has 0 radical (unpaired) electrons. The van der Waals surface area contributed by atoms with E-state index >= 15 is 0 Å². The van der Waals surface area contributed by atoms with Crippen molar-refractivity contribution < 1.29 is 0 Å². The Balaban J connectivity index is 2.31. The maximum atomic E-state index is 5.66. The zero-order chi connectivity index (χ0) is 12.7. The van der Waals surface area contributed by atoms with Crippen LogP contribution in [0.1, 0.15) is 20.3 Å². The number of anilines is 1. The number of halogens is 2. The summed E-state index contributed by atoms with van der Waals surface area (Å²) in [5.41, 5.74) is 0. The van der Waals surface area contributed by atoms with Gasteiger partial charge in [-0.1, -0.05) is 13.8 Å². The summed E-state index contributed by atoms with van der Waals surface area (Å²) in [5.74, 6) is 0.426. The lowest BCUT2D eigenvalue weighted by Crippen LogP contribution is -2.25. The minimum atomic E-state index is 0.108. The topological polar surface area (TPSA) is 53.9 Å². The van der Waals surface area contributed by atoms with Crippen molar-refractivity contribution in [2.45, 2.75) is 20.3 Å². The molecule has 5 nitrogen and oxygen atoms in total. The van der Waals surface area contributed by atoms with Gasteiger partial charge >= 0.3 is 0 Å². The van der Waals surface area contributed by atoms with Gasteiger partial charge in [0.05, 0.1) is 0 Å². The highest BCUT2D eigenvalue weighted by Crippen LogP contribution is 2.09. The lowest BCUT2D eigenvalue weighted by molar-refractivity contribution is 0.303. The van der Waals surface area contributed by atoms with Crippen LogP contribution in [0.2, 0.25) is 10.6 Å². The second kappa shape index (κ2) is 7.63. The van der Waals surface area contributed by atoms with E-state index in [1.165, 1.54) is 0 Å². The summed E-state index contributed by atoms with van der Waals surface area (Å²) in [6, 6.07) is 0. The zero-order valence-corrected chi connectivity index (χ0v) is 11.6. The highest BCUT2D eigenvalue weighted by atomic mass is 35.5. The number of aromatic nitrogens is 3. The van der Waals surface area contributed by atoms with Crippen molar-refractivity contribution in [2.24, 2.45) is 0 Å². The van der Waals surface area contributed by atoms with E-state index in [2.05, 4.69) is 39.0 Å². The van der Waals surface area contributed by atoms with Gasteiger partial charge in [-0.05, 0) is 49.3 Å². The van der Waals surface area contributed by atoms with Gasteiger partial charge in [-0.25, -0.2) is 0 Å². The molecule has 0 spiro atoms. The molecular weight excluding hydrogens is 261 g/mol. The number of rotatable bonds is 7. The molecule has 0 saturated carbocycles. The molecule has 0 aliphatic rings. The predicted octanol–water partition coefficient (Wildman–Crippen LogP) is 2.32. The first kappa shape index (κ1) is 14.4. The van der Waals surface area contributed by atoms with E-state index in [1.54, 1.807) is 0 Å². The molecule has 96 valence electrons. The smallest absolute Gasteiger partial charge is 0.228 e. The molecule has 0 atom stereocenters. The Morgan fingerprint density at radius 1 is 1.06 bits per heavy atom. The third-order valence-electron chi connectivity index (χ3n) is 2.41. The van der Waals surface area contributed by atoms with Gasteiger partial charge in [0.1, 0.15) is 0 Å². The zero-order valence-electron chi connectivity index (χ0n) is 10.1. The number of hydrogen-bond acceptors (Lipinski definition) is 5. The van der Waals surface area contributed by atoms with Gasteiger partial charge in [0.15, 0.2) is 0 Å². The molecule has 1 rings (SSSR count). The summed E-state index contributed by atoms with van der Waals surface area (Å²) >= 11 is 11.3. The van der Waals surface area contributed by atoms with Gasteiger partial charge in [0.25, 0.3) is 0 Å². The molecule has 0 aliphatic heterocycles. The van der Waals surface area contributed by atoms with Crippen molar-refractivity contribution in [1.29, 1.82) is 0 Å². The molecule has 0 aliphatic carbocycles. The molecular formula is C10H17Cl2N5. The molecule has 7 heteroatoms. The fraction of sp³-hybridized carbons (Fsp3) is 0.700. The summed E-state index contributed by atoms with van der Waals surface area (Å²) in [6.45, 7) is 8.28. The van der Waals surface area contributed by atoms with Crippen LogP contribution in [0.25, 0.3) is 0 Å². The molecule has 0 unspecified atom stereocenters. The molecule has 0 bridgehead atoms. The Morgan fingerprint density at radius 3 is 2.18 bits per heavy atom. The molecule has 1 N–H and O–H groups in total. The minimum Gasteiger partial charge on any atom is -0.354 e. The van der Waals surface area contributed by atoms with Crippen molar-refractivity contribution in [2.75, 3.05) is 31.5 Å². The van der Waals surface area contributed by atoms with Crippen LogP contribution >= 0.6 is 23.2 Å². The molecule has 0 saturated heterocycles. The monoisotopic (exact) mass is 277 g/mol. The molecule has 0 amide bonds. The summed E-state index contributed by atoms with van der Waals surface area (Å²) in [7, 11) is 0. The van der Waals surface area contributed by atoms with Crippen molar-refractivity contribution >= 4 is 29.2 Å². The Labute approximate surface area is 112 Å². The van der Waals surface area contributed by atoms with E-state index in [4.69, 9.17) is 23.2 Å². The van der Waals surface area contributed by atoms with E-state index in [0.29, 0.717) is 5.95 Å². The van der Waals surface area contributed by atoms with E-state index in [9.17, 15) is 0 Å². The second-order valence-electron chi connectivity index (χ2n) is 3.50. The SMILES string of the molecule is CCN(CC)CCCNc1nc(Cl)nc(Cl)n1. The number of nitrogens with zero attached hydrogens (tertiary/aromatic N) is 4. The Kier molecular flexibility index (Phi) is 6.47. The van der Waals surface area contributed by atoms with Gasteiger partial charge in [0, 0.05) is 6.54 Å². The van der Waals surface area contributed by atoms with E-state index in [0.717, 1.165) is 32.6 Å². The fourth-order valence-electron chi connectivity index (χ4n) is 1.45. The van der Waals surface area contributed by atoms with E-state index in [-0.39, 0.29) is 10.6 Å². The number of hydrogen-bond donors (Lipinski definition) is 1. The molecule has 0 fully saturated rings. The van der Waals surface area contributed by atoms with Crippen LogP contribution in [0.4, 0.5) is 5.95 Å². The predicted molar refractivity (Wildman–Crippen MR) is 70.7 cm³/mol. The maximum absolute atomic E-state index is 5.66. The molecule has 1 aromatic heterocycles. The first-order chi connectivity index (χ1) is 8.15. The van der Waals surface area contributed by atoms with E-state index in [1.807, 2.05) is 0 Å². The van der Waals surface area contributed by atoms with E-state index < -0.39 is 0 Å². The summed E-state index contributed by atoms with van der Waals surface area (Å²) in [4.78, 5) is 13.9. The van der Waals surface area contributed by atoms with Gasteiger partial charge in [0.2, 0.25) is 16.5 Å². The maximum Gasteiger partial charge on any atom is 0.228 e. The normalized spacial score (nSPS) is 10.9. The van der Waals surface area contributed by atoms with Gasteiger partial charge < -0.3 is 10.2 Å². The average molecular weight is 278 g/mol. The quantitative estimate of drug-likeness (QED) is 0.776. The lowest BCUT2D eigenvalue weighted by atomic mass is 10.3. The third-order valence-corrected chi connectivity index (χ3v) is 2.75. The van der Waals surface area contributed by atoms with Crippen LogP contribution in [0.5, 0.6) is 0 Å².